The van der Waals surface area contributed by atoms with Crippen LogP contribution in [0.25, 0.3) is 0 Å². The Labute approximate surface area is 184 Å². The van der Waals surface area contributed by atoms with Gasteiger partial charge in [0, 0.05) is 54.9 Å². The summed E-state index contributed by atoms with van der Waals surface area (Å²) in [5, 5.41) is 17.6. The van der Waals surface area contributed by atoms with E-state index in [-0.39, 0.29) is 17.7 Å². The number of hydrogen-bond acceptors (Lipinski definition) is 5. The summed E-state index contributed by atoms with van der Waals surface area (Å²) in [6, 6.07) is 11.8. The van der Waals surface area contributed by atoms with Crippen LogP contribution >= 0.6 is 15.9 Å². The number of hydrazone groups is 1. The predicted molar refractivity (Wildman–Crippen MR) is 118 cm³/mol. The number of likely N-dealkylation sites (tertiary alicyclic amines) is 1. The van der Waals surface area contributed by atoms with Gasteiger partial charge in [0.25, 0.3) is 0 Å². The van der Waals surface area contributed by atoms with E-state index in [2.05, 4.69) is 27.0 Å². The van der Waals surface area contributed by atoms with Crippen LogP contribution in [0.5, 0.6) is 11.5 Å². The van der Waals surface area contributed by atoms with Crippen LogP contribution in [-0.4, -0.2) is 45.4 Å². The van der Waals surface area contributed by atoms with E-state index < -0.39 is 5.72 Å². The van der Waals surface area contributed by atoms with Gasteiger partial charge in [-0.05, 0) is 37.3 Å². The molecule has 1 amide bonds. The number of carbonyl (C=O) groups excluding carboxylic acids is 1. The molecule has 0 aromatic heterocycles. The van der Waals surface area contributed by atoms with Crippen molar-refractivity contribution in [1.29, 1.82) is 0 Å². The number of halogens is 1. The molecular formula is C23H24BrN3O3. The zero-order valence-corrected chi connectivity index (χ0v) is 18.6. The number of nitrogens with zero attached hydrogens (tertiary/aromatic N) is 3. The Bertz CT molecular complexity index is 1060. The summed E-state index contributed by atoms with van der Waals surface area (Å²) in [6.07, 6.45) is 2.08. The first kappa shape index (κ1) is 19.4. The molecular weight excluding hydrogens is 446 g/mol. The van der Waals surface area contributed by atoms with Gasteiger partial charge in [-0.3, -0.25) is 4.79 Å². The third-order valence-corrected chi connectivity index (χ3v) is 6.90. The first-order chi connectivity index (χ1) is 14.4. The average Bonchev–Trinajstić information content (AvgIpc) is 3.17. The van der Waals surface area contributed by atoms with E-state index >= 15 is 0 Å². The number of fused-ring (bicyclic) bond motifs is 4. The highest BCUT2D eigenvalue weighted by molar-refractivity contribution is 9.10. The van der Waals surface area contributed by atoms with Crippen LogP contribution < -0.4 is 4.74 Å². The van der Waals surface area contributed by atoms with Gasteiger partial charge < -0.3 is 14.7 Å². The fourth-order valence-electron chi connectivity index (χ4n) is 4.80. The monoisotopic (exact) mass is 469 g/mol. The summed E-state index contributed by atoms with van der Waals surface area (Å²) in [5.41, 5.74) is 3.23. The van der Waals surface area contributed by atoms with Gasteiger partial charge in [0.2, 0.25) is 11.6 Å². The molecule has 1 spiro atoms. The van der Waals surface area contributed by atoms with Crippen LogP contribution in [0.2, 0.25) is 0 Å². The van der Waals surface area contributed by atoms with E-state index in [1.54, 1.807) is 13.0 Å². The molecule has 1 fully saturated rings. The van der Waals surface area contributed by atoms with Gasteiger partial charge in [0.1, 0.15) is 11.5 Å². The predicted octanol–water partition coefficient (Wildman–Crippen LogP) is 4.35. The van der Waals surface area contributed by atoms with Gasteiger partial charge in [0.05, 0.1) is 11.8 Å². The fraction of sp³-hybridized carbons (Fsp3) is 0.391. The number of carbonyl (C=O) groups is 1. The maximum absolute atomic E-state index is 11.9. The highest BCUT2D eigenvalue weighted by Crippen LogP contribution is 2.50. The molecule has 3 aliphatic heterocycles. The number of phenols is 1. The molecule has 1 N–H and O–H groups in total. The molecule has 3 heterocycles. The number of phenolic OH excluding ortho intramolecular Hbond substituents is 1. The summed E-state index contributed by atoms with van der Waals surface area (Å²) < 4.78 is 7.59. The Hall–Kier alpha value is -2.54. The lowest BCUT2D eigenvalue weighted by Gasteiger charge is -2.51. The third-order valence-electron chi connectivity index (χ3n) is 6.41. The van der Waals surface area contributed by atoms with Crippen molar-refractivity contribution in [1.82, 2.24) is 9.91 Å². The first-order valence-corrected chi connectivity index (χ1v) is 11.1. The summed E-state index contributed by atoms with van der Waals surface area (Å²) in [6.45, 7) is 4.91. The number of benzene rings is 2. The second-order valence-corrected chi connectivity index (χ2v) is 9.28. The molecule has 7 heteroatoms. The van der Waals surface area contributed by atoms with Crippen LogP contribution in [0.4, 0.5) is 0 Å². The van der Waals surface area contributed by atoms with Crippen molar-refractivity contribution in [2.75, 3.05) is 13.1 Å². The minimum Gasteiger partial charge on any atom is -0.507 e. The maximum Gasteiger partial charge on any atom is 0.219 e. The number of piperidine rings is 1. The van der Waals surface area contributed by atoms with E-state index in [4.69, 9.17) is 9.84 Å². The fourth-order valence-corrected chi connectivity index (χ4v) is 5.18. The maximum atomic E-state index is 11.9. The normalized spacial score (nSPS) is 21.7. The summed E-state index contributed by atoms with van der Waals surface area (Å²) >= 11 is 3.58. The van der Waals surface area contributed by atoms with E-state index in [0.717, 1.165) is 32.6 Å². The number of aryl methyl sites for hydroxylation is 1. The summed E-state index contributed by atoms with van der Waals surface area (Å²) in [7, 11) is 0. The van der Waals surface area contributed by atoms with Crippen LogP contribution in [0.1, 0.15) is 48.9 Å². The standard InChI is InChI=1S/C23H24BrN3O3/c1-14-3-5-21(29)17(11-14)19-13-20-18-12-16(24)4-6-22(18)30-23(27(20)25-19)7-9-26(10-8-23)15(2)28/h3-6,11-12,20,29H,7-10,13H2,1-2H3. The van der Waals surface area contributed by atoms with Gasteiger partial charge in [-0.25, -0.2) is 5.01 Å². The van der Waals surface area contributed by atoms with Crippen molar-refractivity contribution in [2.45, 2.75) is 44.9 Å². The van der Waals surface area contributed by atoms with Crippen LogP contribution in [0.15, 0.2) is 46.0 Å². The highest BCUT2D eigenvalue weighted by Gasteiger charge is 2.52. The Morgan fingerprint density at radius 3 is 2.73 bits per heavy atom. The van der Waals surface area contributed by atoms with Gasteiger partial charge in [-0.2, -0.15) is 5.10 Å². The zero-order valence-electron chi connectivity index (χ0n) is 17.1. The Morgan fingerprint density at radius 2 is 2.00 bits per heavy atom. The van der Waals surface area contributed by atoms with Crippen molar-refractivity contribution in [3.63, 3.8) is 0 Å². The molecule has 30 heavy (non-hydrogen) atoms. The molecule has 156 valence electrons. The molecule has 0 bridgehead atoms. The van der Waals surface area contributed by atoms with Gasteiger partial charge >= 0.3 is 0 Å². The lowest BCUT2D eigenvalue weighted by molar-refractivity contribution is -0.158. The van der Waals surface area contributed by atoms with Crippen LogP contribution in [-0.2, 0) is 4.79 Å². The van der Waals surface area contributed by atoms with Crippen molar-refractivity contribution in [3.05, 3.63) is 57.6 Å². The minimum atomic E-state index is -0.585. The molecule has 2 aromatic carbocycles. The molecule has 1 atom stereocenters. The molecule has 0 radical (unpaired) electrons. The smallest absolute Gasteiger partial charge is 0.219 e. The molecule has 5 rings (SSSR count). The average molecular weight is 470 g/mol. The lowest BCUT2D eigenvalue weighted by Crippen LogP contribution is -2.59. The summed E-state index contributed by atoms with van der Waals surface area (Å²) in [5.74, 6) is 1.22. The van der Waals surface area contributed by atoms with Crippen molar-refractivity contribution < 1.29 is 14.6 Å². The molecule has 0 aliphatic carbocycles. The quantitative estimate of drug-likeness (QED) is 0.674. The number of rotatable bonds is 1. The highest BCUT2D eigenvalue weighted by atomic mass is 79.9. The Kier molecular flexibility index (Phi) is 4.54. The molecule has 3 aliphatic rings. The van der Waals surface area contributed by atoms with E-state index in [1.807, 2.05) is 36.1 Å². The third kappa shape index (κ3) is 3.07. The SMILES string of the molecule is CC(=O)N1CCC2(CC1)Oc1ccc(Br)cc1C1CC(c3cc(C)ccc3O)=NN12. The number of amides is 1. The van der Waals surface area contributed by atoms with E-state index in [9.17, 15) is 9.90 Å². The van der Waals surface area contributed by atoms with Gasteiger partial charge in [-0.1, -0.05) is 27.6 Å². The first-order valence-electron chi connectivity index (χ1n) is 10.3. The lowest BCUT2D eigenvalue weighted by atomic mass is 9.90. The van der Waals surface area contributed by atoms with Crippen molar-refractivity contribution in [3.8, 4) is 11.5 Å². The molecule has 1 saturated heterocycles. The van der Waals surface area contributed by atoms with Crippen molar-refractivity contribution >= 4 is 27.5 Å². The second kappa shape index (κ2) is 7.01. The van der Waals surface area contributed by atoms with E-state index in [0.29, 0.717) is 32.4 Å². The zero-order chi connectivity index (χ0) is 21.0. The molecule has 0 saturated carbocycles. The van der Waals surface area contributed by atoms with Crippen LogP contribution in [0.3, 0.4) is 0 Å². The number of aromatic hydroxyl groups is 1. The summed E-state index contributed by atoms with van der Waals surface area (Å²) in [4.78, 5) is 13.7. The Morgan fingerprint density at radius 1 is 1.23 bits per heavy atom. The molecule has 2 aromatic rings. The van der Waals surface area contributed by atoms with Gasteiger partial charge in [-0.15, -0.1) is 0 Å². The van der Waals surface area contributed by atoms with Gasteiger partial charge in [0.15, 0.2) is 0 Å². The molecule has 1 unspecified atom stereocenters. The van der Waals surface area contributed by atoms with Crippen molar-refractivity contribution in [2.24, 2.45) is 5.10 Å². The topological polar surface area (TPSA) is 65.4 Å². The number of hydrogen-bond donors (Lipinski definition) is 1. The second-order valence-electron chi connectivity index (χ2n) is 8.37. The van der Waals surface area contributed by atoms with E-state index in [1.165, 1.54) is 0 Å². The Balaban J connectivity index is 1.58. The molecule has 6 nitrogen and oxygen atoms in total. The largest absolute Gasteiger partial charge is 0.507 e. The minimum absolute atomic E-state index is 0.0324. The number of ether oxygens (including phenoxy) is 1. The van der Waals surface area contributed by atoms with Crippen LogP contribution in [0, 0.1) is 6.92 Å².